The van der Waals surface area contributed by atoms with Gasteiger partial charge in [-0.3, -0.25) is 4.79 Å². The van der Waals surface area contributed by atoms with Crippen LogP contribution in [0.3, 0.4) is 0 Å². The highest BCUT2D eigenvalue weighted by Gasteiger charge is 2.24. The third-order valence-electron chi connectivity index (χ3n) is 3.19. The Morgan fingerprint density at radius 1 is 1.40 bits per heavy atom. The van der Waals surface area contributed by atoms with Crippen molar-refractivity contribution in [1.29, 1.82) is 0 Å². The van der Waals surface area contributed by atoms with Crippen molar-refractivity contribution in [2.45, 2.75) is 25.8 Å². The molecule has 1 saturated heterocycles. The van der Waals surface area contributed by atoms with Crippen molar-refractivity contribution in [3.63, 3.8) is 0 Å². The molecule has 3 amide bonds. The number of urea groups is 1. The van der Waals surface area contributed by atoms with Crippen LogP contribution >= 0.6 is 0 Å². The van der Waals surface area contributed by atoms with Gasteiger partial charge in [-0.05, 0) is 31.0 Å². The maximum atomic E-state index is 13.1. The number of piperidine rings is 1. The van der Waals surface area contributed by atoms with E-state index in [-0.39, 0.29) is 18.0 Å². The number of halogens is 1. The minimum absolute atomic E-state index is 0.0143. The van der Waals surface area contributed by atoms with Crippen molar-refractivity contribution >= 4 is 17.6 Å². The number of amides is 3. The largest absolute Gasteiger partial charge is 0.352 e. The van der Waals surface area contributed by atoms with Crippen LogP contribution in [0.15, 0.2) is 24.3 Å². The average molecular weight is 279 g/mol. The van der Waals surface area contributed by atoms with Crippen LogP contribution in [0, 0.1) is 5.82 Å². The topological polar surface area (TPSA) is 61.4 Å². The van der Waals surface area contributed by atoms with E-state index in [0.29, 0.717) is 18.8 Å². The summed E-state index contributed by atoms with van der Waals surface area (Å²) in [4.78, 5) is 24.8. The summed E-state index contributed by atoms with van der Waals surface area (Å²) in [5.41, 5.74) is 0.427. The van der Waals surface area contributed by atoms with Crippen molar-refractivity contribution in [2.24, 2.45) is 0 Å². The molecule has 0 bridgehead atoms. The molecule has 20 heavy (non-hydrogen) atoms. The van der Waals surface area contributed by atoms with E-state index in [1.165, 1.54) is 19.1 Å². The zero-order valence-corrected chi connectivity index (χ0v) is 11.4. The van der Waals surface area contributed by atoms with Gasteiger partial charge in [0.2, 0.25) is 5.91 Å². The summed E-state index contributed by atoms with van der Waals surface area (Å²) in [6, 6.07) is 5.48. The molecule has 1 heterocycles. The number of carbonyl (C=O) groups is 2. The Morgan fingerprint density at radius 3 is 2.90 bits per heavy atom. The van der Waals surface area contributed by atoms with E-state index in [2.05, 4.69) is 10.6 Å². The zero-order chi connectivity index (χ0) is 14.5. The number of nitrogens with zero attached hydrogens (tertiary/aromatic N) is 1. The van der Waals surface area contributed by atoms with Crippen LogP contribution in [0.5, 0.6) is 0 Å². The lowest BCUT2D eigenvalue weighted by atomic mass is 10.1. The fourth-order valence-electron chi connectivity index (χ4n) is 2.34. The maximum Gasteiger partial charge on any atom is 0.321 e. The molecule has 0 aromatic heterocycles. The summed E-state index contributed by atoms with van der Waals surface area (Å²) in [5, 5.41) is 5.48. The van der Waals surface area contributed by atoms with E-state index >= 15 is 0 Å². The van der Waals surface area contributed by atoms with Crippen molar-refractivity contribution < 1.29 is 14.0 Å². The third kappa shape index (κ3) is 3.94. The molecule has 6 heteroatoms. The average Bonchev–Trinajstić information content (AvgIpc) is 2.38. The fraction of sp³-hybridized carbons (Fsp3) is 0.429. The van der Waals surface area contributed by atoms with Gasteiger partial charge in [-0.2, -0.15) is 0 Å². The molecular formula is C14H18FN3O2. The van der Waals surface area contributed by atoms with Crippen molar-refractivity contribution in [3.05, 3.63) is 30.1 Å². The molecule has 108 valence electrons. The Balaban J connectivity index is 1.93. The van der Waals surface area contributed by atoms with Crippen LogP contribution in [0.2, 0.25) is 0 Å². The lowest BCUT2D eigenvalue weighted by molar-refractivity contribution is -0.119. The monoisotopic (exact) mass is 279 g/mol. The molecule has 2 rings (SSSR count). The predicted octanol–water partition coefficient (Wildman–Crippen LogP) is 1.96. The summed E-state index contributed by atoms with van der Waals surface area (Å²) in [6.07, 6.45) is 1.70. The molecule has 1 unspecified atom stereocenters. The molecule has 5 nitrogen and oxygen atoms in total. The highest BCUT2D eigenvalue weighted by atomic mass is 19.1. The Labute approximate surface area is 117 Å². The van der Waals surface area contributed by atoms with Crippen molar-refractivity contribution in [3.8, 4) is 0 Å². The lowest BCUT2D eigenvalue weighted by Gasteiger charge is -2.33. The van der Waals surface area contributed by atoms with E-state index < -0.39 is 5.82 Å². The van der Waals surface area contributed by atoms with Gasteiger partial charge in [-0.15, -0.1) is 0 Å². The number of hydrogen-bond acceptors (Lipinski definition) is 2. The van der Waals surface area contributed by atoms with Crippen LogP contribution in [0.25, 0.3) is 0 Å². The number of anilines is 1. The zero-order valence-electron chi connectivity index (χ0n) is 11.4. The minimum atomic E-state index is -0.391. The van der Waals surface area contributed by atoms with Crippen LogP contribution in [-0.2, 0) is 4.79 Å². The molecule has 0 radical (unpaired) electrons. The first-order valence-corrected chi connectivity index (χ1v) is 6.63. The van der Waals surface area contributed by atoms with Gasteiger partial charge in [-0.25, -0.2) is 9.18 Å². The Hall–Kier alpha value is -2.11. The number of benzene rings is 1. The number of carbonyl (C=O) groups excluding carboxylic acids is 2. The fourth-order valence-corrected chi connectivity index (χ4v) is 2.34. The molecule has 1 fully saturated rings. The quantitative estimate of drug-likeness (QED) is 0.869. The molecule has 1 aliphatic rings. The summed E-state index contributed by atoms with van der Waals surface area (Å²) < 4.78 is 13.1. The number of likely N-dealkylation sites (tertiary alicyclic amines) is 1. The number of nitrogens with one attached hydrogen (secondary N) is 2. The van der Waals surface area contributed by atoms with Crippen LogP contribution in [-0.4, -0.2) is 36.0 Å². The minimum Gasteiger partial charge on any atom is -0.352 e. The van der Waals surface area contributed by atoms with E-state index in [4.69, 9.17) is 0 Å². The van der Waals surface area contributed by atoms with Gasteiger partial charge in [-0.1, -0.05) is 6.07 Å². The standard InChI is InChI=1S/C14H18FN3O2/c1-10(19)16-13-6-3-7-18(9-13)14(20)17-12-5-2-4-11(15)8-12/h2,4-5,8,13H,3,6-7,9H2,1H3,(H,16,19)(H,17,20). The van der Waals surface area contributed by atoms with Gasteiger partial charge < -0.3 is 15.5 Å². The Bertz CT molecular complexity index is 507. The second-order valence-corrected chi connectivity index (χ2v) is 4.93. The summed E-state index contributed by atoms with van der Waals surface area (Å²) in [5.74, 6) is -0.486. The third-order valence-corrected chi connectivity index (χ3v) is 3.19. The molecule has 0 saturated carbocycles. The lowest BCUT2D eigenvalue weighted by Crippen LogP contribution is -2.50. The summed E-state index contributed by atoms with van der Waals surface area (Å²) in [7, 11) is 0. The second-order valence-electron chi connectivity index (χ2n) is 4.93. The molecule has 1 atom stereocenters. The predicted molar refractivity (Wildman–Crippen MR) is 73.8 cm³/mol. The van der Waals surface area contributed by atoms with Gasteiger partial charge in [0.15, 0.2) is 0 Å². The van der Waals surface area contributed by atoms with Crippen LogP contribution in [0.1, 0.15) is 19.8 Å². The van der Waals surface area contributed by atoms with Crippen molar-refractivity contribution in [2.75, 3.05) is 18.4 Å². The van der Waals surface area contributed by atoms with Crippen molar-refractivity contribution in [1.82, 2.24) is 10.2 Å². The van der Waals surface area contributed by atoms with E-state index in [9.17, 15) is 14.0 Å². The highest BCUT2D eigenvalue weighted by Crippen LogP contribution is 2.14. The van der Waals surface area contributed by atoms with Gasteiger partial charge in [0, 0.05) is 31.7 Å². The molecular weight excluding hydrogens is 261 g/mol. The molecule has 1 aromatic carbocycles. The first-order valence-electron chi connectivity index (χ1n) is 6.63. The van der Waals surface area contributed by atoms with Crippen LogP contribution < -0.4 is 10.6 Å². The molecule has 0 spiro atoms. The van der Waals surface area contributed by atoms with Crippen LogP contribution in [0.4, 0.5) is 14.9 Å². The SMILES string of the molecule is CC(=O)NC1CCCN(C(=O)Nc2cccc(F)c2)C1. The van der Waals surface area contributed by atoms with Gasteiger partial charge >= 0.3 is 6.03 Å². The first kappa shape index (κ1) is 14.3. The second kappa shape index (κ2) is 6.36. The molecule has 0 aliphatic carbocycles. The Morgan fingerprint density at radius 2 is 2.20 bits per heavy atom. The Kier molecular flexibility index (Phi) is 4.55. The highest BCUT2D eigenvalue weighted by molar-refractivity contribution is 5.89. The summed E-state index contributed by atoms with van der Waals surface area (Å²) >= 11 is 0. The van der Waals surface area contributed by atoms with Gasteiger partial charge in [0.1, 0.15) is 5.82 Å². The summed E-state index contributed by atoms with van der Waals surface area (Å²) in [6.45, 7) is 2.57. The molecule has 1 aromatic rings. The first-order chi connectivity index (χ1) is 9.54. The van der Waals surface area contributed by atoms with Gasteiger partial charge in [0.25, 0.3) is 0 Å². The normalized spacial score (nSPS) is 18.5. The molecule has 1 aliphatic heterocycles. The van der Waals surface area contributed by atoms with E-state index in [0.717, 1.165) is 12.8 Å². The number of hydrogen-bond donors (Lipinski definition) is 2. The molecule has 2 N–H and O–H groups in total. The van der Waals surface area contributed by atoms with E-state index in [1.54, 1.807) is 17.0 Å². The number of rotatable bonds is 2. The van der Waals surface area contributed by atoms with Gasteiger partial charge in [0.05, 0.1) is 0 Å². The van der Waals surface area contributed by atoms with E-state index in [1.807, 2.05) is 0 Å². The maximum absolute atomic E-state index is 13.1. The smallest absolute Gasteiger partial charge is 0.321 e.